The Morgan fingerprint density at radius 2 is 2.00 bits per heavy atom. The molecule has 0 radical (unpaired) electrons. The first-order chi connectivity index (χ1) is 10.8. The van der Waals surface area contributed by atoms with Crippen molar-refractivity contribution in [2.75, 3.05) is 17.2 Å². The predicted molar refractivity (Wildman–Crippen MR) is 88.2 cm³/mol. The van der Waals surface area contributed by atoms with Crippen LogP contribution in [0.15, 0.2) is 30.5 Å². The highest BCUT2D eigenvalue weighted by molar-refractivity contribution is 6.30. The predicted octanol–water partition coefficient (Wildman–Crippen LogP) is 2.96. The van der Waals surface area contributed by atoms with Crippen molar-refractivity contribution in [1.82, 2.24) is 9.97 Å². The van der Waals surface area contributed by atoms with Crippen molar-refractivity contribution < 1.29 is 10.0 Å². The van der Waals surface area contributed by atoms with Crippen molar-refractivity contribution in [2.45, 2.75) is 19.4 Å². The summed E-state index contributed by atoms with van der Waals surface area (Å²) in [7, 11) is 0. The second-order valence-corrected chi connectivity index (χ2v) is 5.92. The quantitative estimate of drug-likeness (QED) is 0.548. The number of benzene rings is 1. The molecular formula is C14H16ClN5O3. The molecule has 8 nitrogen and oxygen atoms in total. The lowest BCUT2D eigenvalue weighted by Crippen LogP contribution is -2.35. The van der Waals surface area contributed by atoms with Gasteiger partial charge in [0.25, 0.3) is 0 Å². The van der Waals surface area contributed by atoms with Crippen molar-refractivity contribution in [2.24, 2.45) is 0 Å². The third-order valence-corrected chi connectivity index (χ3v) is 3.17. The van der Waals surface area contributed by atoms with Gasteiger partial charge in [0.1, 0.15) is 6.20 Å². The lowest BCUT2D eigenvalue weighted by Gasteiger charge is -2.23. The molecule has 3 N–H and O–H groups in total. The van der Waals surface area contributed by atoms with E-state index in [0.717, 1.165) is 6.20 Å². The zero-order valence-electron chi connectivity index (χ0n) is 12.6. The van der Waals surface area contributed by atoms with Crippen molar-refractivity contribution >= 4 is 34.7 Å². The minimum Gasteiger partial charge on any atom is -0.394 e. The molecule has 0 fully saturated rings. The number of rotatable bonds is 6. The van der Waals surface area contributed by atoms with Crippen LogP contribution in [-0.4, -0.2) is 32.1 Å². The molecule has 1 aromatic carbocycles. The molecule has 23 heavy (non-hydrogen) atoms. The van der Waals surface area contributed by atoms with Crippen LogP contribution in [0.1, 0.15) is 13.8 Å². The van der Waals surface area contributed by atoms with Gasteiger partial charge in [0.15, 0.2) is 0 Å². The fourth-order valence-electron chi connectivity index (χ4n) is 1.68. The molecule has 0 spiro atoms. The van der Waals surface area contributed by atoms with E-state index in [1.54, 1.807) is 38.1 Å². The molecule has 1 aromatic heterocycles. The highest BCUT2D eigenvalue weighted by Gasteiger charge is 2.24. The zero-order chi connectivity index (χ0) is 17.0. The summed E-state index contributed by atoms with van der Waals surface area (Å²) in [4.78, 5) is 18.6. The van der Waals surface area contributed by atoms with Crippen LogP contribution in [0.3, 0.4) is 0 Å². The summed E-state index contributed by atoms with van der Waals surface area (Å²) in [5, 5.41) is 26.8. The smallest absolute Gasteiger partial charge is 0.329 e. The molecule has 0 saturated carbocycles. The highest BCUT2D eigenvalue weighted by Crippen LogP contribution is 2.26. The van der Waals surface area contributed by atoms with Crippen molar-refractivity contribution in [3.05, 3.63) is 45.6 Å². The number of nitrogens with zero attached hydrogens (tertiary/aromatic N) is 3. The Bertz CT molecular complexity index is 706. The van der Waals surface area contributed by atoms with E-state index in [9.17, 15) is 15.2 Å². The summed E-state index contributed by atoms with van der Waals surface area (Å²) in [6.45, 7) is 3.18. The number of hydrogen-bond acceptors (Lipinski definition) is 7. The number of aliphatic hydroxyl groups is 1. The Morgan fingerprint density at radius 3 is 2.57 bits per heavy atom. The van der Waals surface area contributed by atoms with Crippen molar-refractivity contribution in [3.63, 3.8) is 0 Å². The van der Waals surface area contributed by atoms with E-state index in [-0.39, 0.29) is 24.1 Å². The van der Waals surface area contributed by atoms with Gasteiger partial charge in [-0.15, -0.1) is 0 Å². The molecule has 0 bridgehead atoms. The average Bonchev–Trinajstić information content (AvgIpc) is 2.49. The van der Waals surface area contributed by atoms with Gasteiger partial charge in [0.05, 0.1) is 17.1 Å². The summed E-state index contributed by atoms with van der Waals surface area (Å²) >= 11 is 5.82. The number of nitrogens with one attached hydrogen (secondary N) is 2. The largest absolute Gasteiger partial charge is 0.394 e. The van der Waals surface area contributed by atoms with Crippen LogP contribution in [0.5, 0.6) is 0 Å². The van der Waals surface area contributed by atoms with E-state index in [0.29, 0.717) is 10.7 Å². The minimum atomic E-state index is -0.767. The lowest BCUT2D eigenvalue weighted by atomic mass is 10.1. The van der Waals surface area contributed by atoms with Crippen LogP contribution in [0, 0.1) is 10.1 Å². The first-order valence-electron chi connectivity index (χ1n) is 6.74. The third-order valence-electron chi connectivity index (χ3n) is 2.92. The maximum Gasteiger partial charge on any atom is 0.329 e. The van der Waals surface area contributed by atoms with Gasteiger partial charge in [0.2, 0.25) is 11.8 Å². The molecule has 0 atom stereocenters. The monoisotopic (exact) mass is 337 g/mol. The number of halogens is 1. The Kier molecular flexibility index (Phi) is 4.97. The van der Waals surface area contributed by atoms with Crippen LogP contribution < -0.4 is 10.6 Å². The molecule has 0 unspecified atom stereocenters. The molecule has 122 valence electrons. The van der Waals surface area contributed by atoms with Gasteiger partial charge in [-0.05, 0) is 38.1 Å². The summed E-state index contributed by atoms with van der Waals surface area (Å²) in [5.41, 5.74) is -0.347. The van der Waals surface area contributed by atoms with Crippen LogP contribution in [0.25, 0.3) is 0 Å². The Morgan fingerprint density at radius 1 is 1.35 bits per heavy atom. The average molecular weight is 338 g/mol. The molecule has 0 amide bonds. The summed E-state index contributed by atoms with van der Waals surface area (Å²) in [5.74, 6) is 0.217. The molecular weight excluding hydrogens is 322 g/mol. The minimum absolute atomic E-state index is 0.0283. The molecule has 0 aliphatic carbocycles. The second-order valence-electron chi connectivity index (χ2n) is 5.48. The fourth-order valence-corrected chi connectivity index (χ4v) is 1.81. The molecule has 0 aliphatic rings. The number of aromatic nitrogens is 2. The lowest BCUT2D eigenvalue weighted by molar-refractivity contribution is -0.384. The molecule has 0 saturated heterocycles. The van der Waals surface area contributed by atoms with Crippen LogP contribution in [0.2, 0.25) is 5.02 Å². The summed E-state index contributed by atoms with van der Waals surface area (Å²) in [6, 6.07) is 6.86. The fraction of sp³-hybridized carbons (Fsp3) is 0.286. The number of nitro groups is 1. The van der Waals surface area contributed by atoms with Gasteiger partial charge >= 0.3 is 5.69 Å². The topological polar surface area (TPSA) is 113 Å². The highest BCUT2D eigenvalue weighted by atomic mass is 35.5. The van der Waals surface area contributed by atoms with Crippen LogP contribution in [-0.2, 0) is 0 Å². The molecule has 2 aromatic rings. The standard InChI is InChI=1S/C14H16ClN5O3/c1-14(2,8-21)19-12-11(20(22)23)7-16-13(18-12)17-10-5-3-9(15)4-6-10/h3-7,21H,8H2,1-2H3,(H2,16,17,18,19). The summed E-state index contributed by atoms with van der Waals surface area (Å²) in [6.07, 6.45) is 1.11. The first-order valence-corrected chi connectivity index (χ1v) is 7.11. The third kappa shape index (κ3) is 4.51. The van der Waals surface area contributed by atoms with Crippen molar-refractivity contribution in [3.8, 4) is 0 Å². The first kappa shape index (κ1) is 16.9. The molecule has 2 rings (SSSR count). The summed E-state index contributed by atoms with van der Waals surface area (Å²) < 4.78 is 0. The van der Waals surface area contributed by atoms with E-state index in [4.69, 9.17) is 11.6 Å². The van der Waals surface area contributed by atoms with Gasteiger partial charge in [-0.1, -0.05) is 11.6 Å². The Hall–Kier alpha value is -2.45. The zero-order valence-corrected chi connectivity index (χ0v) is 13.3. The SMILES string of the molecule is CC(C)(CO)Nc1nc(Nc2ccc(Cl)cc2)ncc1[N+](=O)[O-]. The Labute approximate surface area is 137 Å². The maximum atomic E-state index is 11.1. The van der Waals surface area contributed by atoms with E-state index < -0.39 is 10.5 Å². The normalized spacial score (nSPS) is 11.1. The van der Waals surface area contributed by atoms with Crippen LogP contribution >= 0.6 is 11.6 Å². The Balaban J connectivity index is 2.31. The van der Waals surface area contributed by atoms with E-state index >= 15 is 0 Å². The second kappa shape index (κ2) is 6.76. The number of hydrogen-bond donors (Lipinski definition) is 3. The molecule has 9 heteroatoms. The van der Waals surface area contributed by atoms with Crippen LogP contribution in [0.4, 0.5) is 23.1 Å². The van der Waals surface area contributed by atoms with Gasteiger partial charge in [-0.25, -0.2) is 4.98 Å². The molecule has 0 aliphatic heterocycles. The number of anilines is 3. The van der Waals surface area contributed by atoms with E-state index in [1.807, 2.05) is 0 Å². The van der Waals surface area contributed by atoms with E-state index in [1.165, 1.54) is 0 Å². The van der Waals surface area contributed by atoms with Gasteiger partial charge in [0, 0.05) is 10.7 Å². The number of aliphatic hydroxyl groups excluding tert-OH is 1. The van der Waals surface area contributed by atoms with Gasteiger partial charge < -0.3 is 15.7 Å². The van der Waals surface area contributed by atoms with E-state index in [2.05, 4.69) is 20.6 Å². The van der Waals surface area contributed by atoms with Crippen molar-refractivity contribution in [1.29, 1.82) is 0 Å². The molecule has 1 heterocycles. The van der Waals surface area contributed by atoms with Gasteiger partial charge in [-0.2, -0.15) is 4.98 Å². The maximum absolute atomic E-state index is 11.1. The van der Waals surface area contributed by atoms with Gasteiger partial charge in [-0.3, -0.25) is 10.1 Å².